The van der Waals surface area contributed by atoms with Gasteiger partial charge in [0.05, 0.1) is 6.07 Å². The number of aryl methyl sites for hydroxylation is 1. The van der Waals surface area contributed by atoms with Gasteiger partial charge in [-0.05, 0) is 29.2 Å². The van der Waals surface area contributed by atoms with Gasteiger partial charge in [-0.25, -0.2) is 0 Å². The Labute approximate surface area is 97.0 Å². The molecule has 0 bridgehead atoms. The second-order valence-corrected chi connectivity index (χ2v) is 3.49. The van der Waals surface area contributed by atoms with Gasteiger partial charge in [0.25, 0.3) is 0 Å². The predicted molar refractivity (Wildman–Crippen MR) is 68.7 cm³/mol. The summed E-state index contributed by atoms with van der Waals surface area (Å²) in [5, 5.41) is 8.68. The maximum atomic E-state index is 8.68. The highest BCUT2D eigenvalue weighted by atomic mass is 14.2. The molecule has 0 radical (unpaired) electrons. The number of benzene rings is 1. The van der Waals surface area contributed by atoms with Gasteiger partial charge in [0, 0.05) is 5.57 Å². The standard InChI is InChI=1S/C15H15N/c1-4-13-6-8-15(9-7-13)14(5-2)10-12(3)11-16/h5-10H,2-4H2,1H3/b14-10+. The molecule has 0 aliphatic heterocycles. The number of hydrogen-bond donors (Lipinski definition) is 0. The molecule has 0 aliphatic rings. The summed E-state index contributed by atoms with van der Waals surface area (Å²) in [6.45, 7) is 9.51. The lowest BCUT2D eigenvalue weighted by Gasteiger charge is -2.03. The van der Waals surface area contributed by atoms with Crippen molar-refractivity contribution < 1.29 is 0 Å². The summed E-state index contributed by atoms with van der Waals surface area (Å²) in [6.07, 6.45) is 4.51. The Kier molecular flexibility index (Phi) is 4.29. The van der Waals surface area contributed by atoms with E-state index < -0.39 is 0 Å². The van der Waals surface area contributed by atoms with Crippen LogP contribution >= 0.6 is 0 Å². The van der Waals surface area contributed by atoms with E-state index in [9.17, 15) is 0 Å². The van der Waals surface area contributed by atoms with Crippen molar-refractivity contribution in [1.82, 2.24) is 0 Å². The minimum atomic E-state index is 0.439. The fourth-order valence-corrected chi connectivity index (χ4v) is 1.41. The van der Waals surface area contributed by atoms with E-state index in [0.29, 0.717) is 5.57 Å². The monoisotopic (exact) mass is 209 g/mol. The van der Waals surface area contributed by atoms with Gasteiger partial charge in [0.1, 0.15) is 0 Å². The summed E-state index contributed by atoms with van der Waals surface area (Å²) in [7, 11) is 0. The highest BCUT2D eigenvalue weighted by Crippen LogP contribution is 2.18. The molecule has 1 aromatic carbocycles. The number of allylic oxidation sites excluding steroid dienone is 4. The van der Waals surface area contributed by atoms with Crippen LogP contribution < -0.4 is 0 Å². The molecule has 0 aliphatic carbocycles. The van der Waals surface area contributed by atoms with E-state index in [-0.39, 0.29) is 0 Å². The average Bonchev–Trinajstić information content (AvgIpc) is 2.35. The molecule has 0 unspecified atom stereocenters. The zero-order valence-electron chi connectivity index (χ0n) is 9.53. The summed E-state index contributed by atoms with van der Waals surface area (Å²) >= 11 is 0. The minimum Gasteiger partial charge on any atom is -0.192 e. The molecule has 0 saturated heterocycles. The van der Waals surface area contributed by atoms with Crippen LogP contribution in [0.15, 0.2) is 55.1 Å². The first kappa shape index (κ1) is 12.0. The summed E-state index contributed by atoms with van der Waals surface area (Å²) in [4.78, 5) is 0. The Morgan fingerprint density at radius 3 is 2.44 bits per heavy atom. The maximum Gasteiger partial charge on any atom is 0.0985 e. The van der Waals surface area contributed by atoms with Crippen LogP contribution in [0, 0.1) is 11.3 Å². The fraction of sp³-hybridized carbons (Fsp3) is 0.133. The zero-order valence-corrected chi connectivity index (χ0v) is 9.53. The summed E-state index contributed by atoms with van der Waals surface area (Å²) in [5.41, 5.74) is 3.72. The van der Waals surface area contributed by atoms with Gasteiger partial charge in [-0.2, -0.15) is 5.26 Å². The Morgan fingerprint density at radius 1 is 1.38 bits per heavy atom. The van der Waals surface area contributed by atoms with Crippen LogP contribution in [0.4, 0.5) is 0 Å². The highest BCUT2D eigenvalue weighted by molar-refractivity contribution is 5.76. The fourth-order valence-electron chi connectivity index (χ4n) is 1.41. The van der Waals surface area contributed by atoms with E-state index in [1.807, 2.05) is 18.2 Å². The second kappa shape index (κ2) is 5.72. The van der Waals surface area contributed by atoms with Crippen molar-refractivity contribution in [2.24, 2.45) is 0 Å². The maximum absolute atomic E-state index is 8.68. The molecule has 0 saturated carbocycles. The second-order valence-electron chi connectivity index (χ2n) is 3.49. The lowest BCUT2D eigenvalue weighted by molar-refractivity contribution is 1.14. The van der Waals surface area contributed by atoms with Gasteiger partial charge in [0.15, 0.2) is 0 Å². The molecule has 0 aromatic heterocycles. The van der Waals surface area contributed by atoms with Crippen LogP contribution in [0.5, 0.6) is 0 Å². The van der Waals surface area contributed by atoms with Crippen molar-refractivity contribution in [3.63, 3.8) is 0 Å². The van der Waals surface area contributed by atoms with Crippen molar-refractivity contribution in [2.75, 3.05) is 0 Å². The average molecular weight is 209 g/mol. The van der Waals surface area contributed by atoms with Crippen molar-refractivity contribution >= 4 is 5.57 Å². The molecule has 80 valence electrons. The Bertz CT molecular complexity index is 455. The highest BCUT2D eigenvalue weighted by Gasteiger charge is 1.98. The van der Waals surface area contributed by atoms with E-state index in [1.54, 1.807) is 12.2 Å². The van der Waals surface area contributed by atoms with E-state index >= 15 is 0 Å². The van der Waals surface area contributed by atoms with E-state index in [2.05, 4.69) is 32.2 Å². The molecule has 1 rings (SSSR count). The van der Waals surface area contributed by atoms with Gasteiger partial charge in [-0.15, -0.1) is 0 Å². The summed E-state index contributed by atoms with van der Waals surface area (Å²) in [6, 6.07) is 10.3. The van der Waals surface area contributed by atoms with Crippen LogP contribution in [0.25, 0.3) is 5.57 Å². The number of hydrogen-bond acceptors (Lipinski definition) is 1. The topological polar surface area (TPSA) is 23.8 Å². The van der Waals surface area contributed by atoms with Crippen LogP contribution in [-0.2, 0) is 6.42 Å². The van der Waals surface area contributed by atoms with Gasteiger partial charge in [-0.1, -0.05) is 50.4 Å². The summed E-state index contributed by atoms with van der Waals surface area (Å²) in [5.74, 6) is 0. The molecular weight excluding hydrogens is 194 g/mol. The van der Waals surface area contributed by atoms with Crippen molar-refractivity contribution in [3.8, 4) is 6.07 Å². The van der Waals surface area contributed by atoms with Crippen LogP contribution in [0.3, 0.4) is 0 Å². The Hall–Kier alpha value is -2.07. The smallest absolute Gasteiger partial charge is 0.0985 e. The molecule has 0 atom stereocenters. The molecular formula is C15H15N. The lowest BCUT2D eigenvalue weighted by Crippen LogP contribution is -1.84. The molecule has 1 nitrogen and oxygen atoms in total. The van der Waals surface area contributed by atoms with Gasteiger partial charge in [0.2, 0.25) is 0 Å². The van der Waals surface area contributed by atoms with Gasteiger partial charge < -0.3 is 0 Å². The van der Waals surface area contributed by atoms with Gasteiger partial charge >= 0.3 is 0 Å². The van der Waals surface area contributed by atoms with Crippen molar-refractivity contribution in [1.29, 1.82) is 5.26 Å². The predicted octanol–water partition coefficient (Wildman–Crippen LogP) is 3.90. The van der Waals surface area contributed by atoms with Crippen LogP contribution in [0.2, 0.25) is 0 Å². The van der Waals surface area contributed by atoms with Crippen LogP contribution in [-0.4, -0.2) is 0 Å². The zero-order chi connectivity index (χ0) is 12.0. The van der Waals surface area contributed by atoms with Crippen molar-refractivity contribution in [3.05, 3.63) is 66.3 Å². The molecule has 0 N–H and O–H groups in total. The number of rotatable bonds is 4. The molecule has 0 heterocycles. The van der Waals surface area contributed by atoms with Crippen LogP contribution in [0.1, 0.15) is 18.1 Å². The van der Waals surface area contributed by atoms with E-state index in [0.717, 1.165) is 17.6 Å². The quantitative estimate of drug-likeness (QED) is 0.545. The molecule has 16 heavy (non-hydrogen) atoms. The largest absolute Gasteiger partial charge is 0.192 e. The molecule has 1 aromatic rings. The third-order valence-corrected chi connectivity index (χ3v) is 2.39. The van der Waals surface area contributed by atoms with E-state index in [4.69, 9.17) is 5.26 Å². The molecule has 0 amide bonds. The minimum absolute atomic E-state index is 0.439. The Balaban J connectivity index is 3.05. The van der Waals surface area contributed by atoms with E-state index in [1.165, 1.54) is 5.56 Å². The number of nitriles is 1. The number of nitrogens with zero attached hydrogens (tertiary/aromatic N) is 1. The lowest BCUT2D eigenvalue weighted by atomic mass is 10.0. The molecule has 1 heteroatoms. The SMILES string of the molecule is C=C/C(=C\C(=C)C#N)c1ccc(CC)cc1. The van der Waals surface area contributed by atoms with Gasteiger partial charge in [-0.3, -0.25) is 0 Å². The molecule has 0 spiro atoms. The normalized spacial score (nSPS) is 10.6. The third-order valence-electron chi connectivity index (χ3n) is 2.39. The first-order chi connectivity index (χ1) is 7.71. The third kappa shape index (κ3) is 2.96. The first-order valence-electron chi connectivity index (χ1n) is 5.23. The Morgan fingerprint density at radius 2 is 2.00 bits per heavy atom. The van der Waals surface area contributed by atoms with Crippen molar-refractivity contribution in [2.45, 2.75) is 13.3 Å². The first-order valence-corrected chi connectivity index (χ1v) is 5.23. The summed E-state index contributed by atoms with van der Waals surface area (Å²) < 4.78 is 0. The molecule has 0 fully saturated rings.